The Balaban J connectivity index is 2.31. The van der Waals surface area contributed by atoms with Crippen molar-refractivity contribution in [2.24, 2.45) is 0 Å². The molecule has 122 valence electrons. The molecular weight excluding hydrogens is 287 g/mol. The monoisotopic (exact) mass is 312 g/mol. The van der Waals surface area contributed by atoms with Crippen LogP contribution < -0.4 is 10.6 Å². The highest BCUT2D eigenvalue weighted by atomic mass is 19.1. The maximum Gasteiger partial charge on any atom is 0.123 e. The Bertz CT molecular complexity index is 652. The lowest BCUT2D eigenvalue weighted by molar-refractivity contribution is 0.380. The second-order valence-electron chi connectivity index (χ2n) is 6.41. The molecule has 1 atom stereocenters. The van der Waals surface area contributed by atoms with Crippen LogP contribution in [-0.2, 0) is 12.0 Å². The third-order valence-corrected chi connectivity index (χ3v) is 3.75. The molecule has 0 spiro atoms. The summed E-state index contributed by atoms with van der Waals surface area (Å²) in [5.74, 6) is 0.508. The van der Waals surface area contributed by atoms with Crippen LogP contribution in [-0.4, -0.2) is 6.04 Å². The second-order valence-corrected chi connectivity index (χ2v) is 6.41. The molecule has 1 unspecified atom stereocenters. The molecule has 2 aromatic carbocycles. The van der Waals surface area contributed by atoms with E-state index in [1.54, 1.807) is 12.1 Å². The van der Waals surface area contributed by atoms with E-state index >= 15 is 0 Å². The molecule has 23 heavy (non-hydrogen) atoms. The van der Waals surface area contributed by atoms with Crippen LogP contribution in [0.3, 0.4) is 0 Å². The van der Waals surface area contributed by atoms with Gasteiger partial charge in [-0.05, 0) is 50.5 Å². The smallest absolute Gasteiger partial charge is 0.123 e. The van der Waals surface area contributed by atoms with E-state index in [1.807, 2.05) is 24.3 Å². The maximum atomic E-state index is 13.7. The summed E-state index contributed by atoms with van der Waals surface area (Å²) in [6.07, 6.45) is 0.732. The quantitative estimate of drug-likeness (QED) is 0.794. The SMILES string of the molecule is C=C(NC(C)C)NC(C)(Cc1ccccc1)c1cccc(F)c1. The molecule has 0 aliphatic heterocycles. The van der Waals surface area contributed by atoms with Crippen LogP contribution in [0.2, 0.25) is 0 Å². The van der Waals surface area contributed by atoms with Gasteiger partial charge in [-0.1, -0.05) is 49.0 Å². The average molecular weight is 312 g/mol. The van der Waals surface area contributed by atoms with Crippen LogP contribution in [0.1, 0.15) is 31.9 Å². The minimum Gasteiger partial charge on any atom is -0.370 e. The van der Waals surface area contributed by atoms with E-state index in [0.717, 1.165) is 17.8 Å². The third-order valence-electron chi connectivity index (χ3n) is 3.75. The largest absolute Gasteiger partial charge is 0.370 e. The Morgan fingerprint density at radius 1 is 1.13 bits per heavy atom. The zero-order valence-electron chi connectivity index (χ0n) is 14.1. The highest BCUT2D eigenvalue weighted by molar-refractivity contribution is 5.30. The van der Waals surface area contributed by atoms with Gasteiger partial charge in [-0.15, -0.1) is 0 Å². The Morgan fingerprint density at radius 3 is 2.43 bits per heavy atom. The van der Waals surface area contributed by atoms with Crippen molar-refractivity contribution < 1.29 is 4.39 Å². The van der Waals surface area contributed by atoms with Crippen molar-refractivity contribution in [1.82, 2.24) is 10.6 Å². The van der Waals surface area contributed by atoms with Crippen molar-refractivity contribution in [3.63, 3.8) is 0 Å². The fourth-order valence-electron chi connectivity index (χ4n) is 2.77. The minimum atomic E-state index is -0.456. The first-order valence-corrected chi connectivity index (χ1v) is 7.93. The molecule has 0 aromatic heterocycles. The topological polar surface area (TPSA) is 24.1 Å². The lowest BCUT2D eigenvalue weighted by Crippen LogP contribution is -2.45. The molecule has 0 saturated carbocycles. The van der Waals surface area contributed by atoms with Gasteiger partial charge in [-0.2, -0.15) is 0 Å². The zero-order chi connectivity index (χ0) is 16.9. The summed E-state index contributed by atoms with van der Waals surface area (Å²) in [5.41, 5.74) is 1.62. The van der Waals surface area contributed by atoms with Crippen LogP contribution in [0.15, 0.2) is 67.0 Å². The average Bonchev–Trinajstić information content (AvgIpc) is 2.47. The van der Waals surface area contributed by atoms with Crippen molar-refractivity contribution in [1.29, 1.82) is 0 Å². The van der Waals surface area contributed by atoms with Gasteiger partial charge in [0, 0.05) is 6.04 Å². The van der Waals surface area contributed by atoms with Crippen molar-refractivity contribution in [2.75, 3.05) is 0 Å². The predicted octanol–water partition coefficient (Wildman–Crippen LogP) is 4.34. The Hall–Kier alpha value is -2.29. The van der Waals surface area contributed by atoms with Crippen LogP contribution in [0, 0.1) is 5.82 Å². The Morgan fingerprint density at radius 2 is 1.83 bits per heavy atom. The molecule has 0 saturated heterocycles. The molecule has 2 nitrogen and oxygen atoms in total. The molecule has 0 aliphatic carbocycles. The van der Waals surface area contributed by atoms with Crippen LogP contribution in [0.5, 0.6) is 0 Å². The number of halogens is 1. The van der Waals surface area contributed by atoms with Crippen LogP contribution in [0.25, 0.3) is 0 Å². The summed E-state index contributed by atoms with van der Waals surface area (Å²) in [4.78, 5) is 0. The molecule has 0 radical (unpaired) electrons. The first kappa shape index (κ1) is 17.1. The summed E-state index contributed by atoms with van der Waals surface area (Å²) in [6, 6.07) is 17.2. The van der Waals surface area contributed by atoms with E-state index in [9.17, 15) is 4.39 Å². The van der Waals surface area contributed by atoms with Gasteiger partial charge in [0.2, 0.25) is 0 Å². The normalized spacial score (nSPS) is 13.4. The summed E-state index contributed by atoms with van der Waals surface area (Å²) in [7, 11) is 0. The summed E-state index contributed by atoms with van der Waals surface area (Å²) < 4.78 is 13.7. The van der Waals surface area contributed by atoms with Gasteiger partial charge in [-0.3, -0.25) is 0 Å². The van der Waals surface area contributed by atoms with Crippen LogP contribution in [0.4, 0.5) is 4.39 Å². The minimum absolute atomic E-state index is 0.231. The van der Waals surface area contributed by atoms with E-state index in [0.29, 0.717) is 0 Å². The summed E-state index contributed by atoms with van der Waals surface area (Å²) in [6.45, 7) is 10.2. The molecule has 0 fully saturated rings. The fraction of sp³-hybridized carbons (Fsp3) is 0.300. The number of benzene rings is 2. The number of hydrogen-bond acceptors (Lipinski definition) is 2. The molecule has 2 rings (SSSR count). The highest BCUT2D eigenvalue weighted by Gasteiger charge is 2.28. The third kappa shape index (κ3) is 4.85. The van der Waals surface area contributed by atoms with E-state index in [-0.39, 0.29) is 11.9 Å². The van der Waals surface area contributed by atoms with E-state index in [1.165, 1.54) is 11.6 Å². The van der Waals surface area contributed by atoms with Gasteiger partial charge in [0.05, 0.1) is 11.4 Å². The lowest BCUT2D eigenvalue weighted by atomic mass is 9.85. The molecule has 2 N–H and O–H groups in total. The molecule has 0 amide bonds. The Kier molecular flexibility index (Phi) is 5.43. The van der Waals surface area contributed by atoms with Crippen LogP contribution >= 0.6 is 0 Å². The lowest BCUT2D eigenvalue weighted by Gasteiger charge is -2.34. The molecular formula is C20H25FN2. The van der Waals surface area contributed by atoms with Gasteiger partial charge < -0.3 is 10.6 Å². The molecule has 0 bridgehead atoms. The van der Waals surface area contributed by atoms with E-state index < -0.39 is 5.54 Å². The van der Waals surface area contributed by atoms with Gasteiger partial charge in [0.25, 0.3) is 0 Å². The van der Waals surface area contributed by atoms with Gasteiger partial charge >= 0.3 is 0 Å². The zero-order valence-corrected chi connectivity index (χ0v) is 14.1. The van der Waals surface area contributed by atoms with Gasteiger partial charge in [0.15, 0.2) is 0 Å². The fourth-order valence-corrected chi connectivity index (χ4v) is 2.77. The van der Waals surface area contributed by atoms with Gasteiger partial charge in [0.1, 0.15) is 5.82 Å². The van der Waals surface area contributed by atoms with Crippen molar-refractivity contribution in [2.45, 2.75) is 38.8 Å². The molecule has 3 heteroatoms. The molecule has 0 heterocycles. The molecule has 0 aliphatic rings. The standard InChI is InChI=1S/C20H25FN2/c1-15(2)22-16(3)23-20(4,14-17-9-6-5-7-10-17)18-11-8-12-19(21)13-18/h5-13,15,22-23H,3,14H2,1-2,4H3. The molecule has 2 aromatic rings. The Labute approximate surface area is 138 Å². The second kappa shape index (κ2) is 7.32. The van der Waals surface area contributed by atoms with E-state index in [2.05, 4.69) is 50.1 Å². The summed E-state index contributed by atoms with van der Waals surface area (Å²) in [5, 5.41) is 6.71. The maximum absolute atomic E-state index is 13.7. The van der Waals surface area contributed by atoms with Crippen molar-refractivity contribution in [3.05, 3.63) is 83.9 Å². The van der Waals surface area contributed by atoms with Crippen molar-refractivity contribution in [3.8, 4) is 0 Å². The highest BCUT2D eigenvalue weighted by Crippen LogP contribution is 2.27. The first-order chi connectivity index (χ1) is 10.9. The predicted molar refractivity (Wildman–Crippen MR) is 94.4 cm³/mol. The van der Waals surface area contributed by atoms with Gasteiger partial charge in [-0.25, -0.2) is 4.39 Å². The summed E-state index contributed by atoms with van der Waals surface area (Å²) >= 11 is 0. The number of rotatable bonds is 7. The van der Waals surface area contributed by atoms with E-state index in [4.69, 9.17) is 0 Å². The number of hydrogen-bond donors (Lipinski definition) is 2. The first-order valence-electron chi connectivity index (χ1n) is 7.93. The number of nitrogens with one attached hydrogen (secondary N) is 2. The van der Waals surface area contributed by atoms with Crippen molar-refractivity contribution >= 4 is 0 Å².